The average molecular weight is 250 g/mol. The number of pyridine rings is 1. The van der Waals surface area contributed by atoms with Crippen molar-refractivity contribution in [1.29, 1.82) is 0 Å². The van der Waals surface area contributed by atoms with Crippen LogP contribution >= 0.6 is 0 Å². The molecular formula is C15H26N2O. The van der Waals surface area contributed by atoms with Crippen LogP contribution in [0.25, 0.3) is 0 Å². The second-order valence-electron chi connectivity index (χ2n) is 5.11. The highest BCUT2D eigenvalue weighted by Crippen LogP contribution is 2.12. The van der Waals surface area contributed by atoms with Gasteiger partial charge in [-0.1, -0.05) is 39.5 Å². The Morgan fingerprint density at radius 3 is 2.56 bits per heavy atom. The first-order valence-corrected chi connectivity index (χ1v) is 6.96. The summed E-state index contributed by atoms with van der Waals surface area (Å²) in [6.07, 6.45) is 8.31. The molecule has 0 unspecified atom stereocenters. The number of methoxy groups -OCH3 is 1. The zero-order valence-electron chi connectivity index (χ0n) is 11.9. The predicted octanol–water partition coefficient (Wildman–Crippen LogP) is 4.11. The zero-order valence-corrected chi connectivity index (χ0v) is 11.9. The SMILES string of the molecule is COc1ccc(NCCCCCCC(C)C)nc1. The number of unbranched alkanes of at least 4 members (excludes halogenated alkanes) is 3. The molecule has 102 valence electrons. The molecule has 0 aromatic carbocycles. The molecule has 0 aliphatic heterocycles. The Hall–Kier alpha value is -1.25. The normalized spacial score (nSPS) is 10.7. The third-order valence-corrected chi connectivity index (χ3v) is 2.99. The smallest absolute Gasteiger partial charge is 0.137 e. The third kappa shape index (κ3) is 6.48. The van der Waals surface area contributed by atoms with Crippen molar-refractivity contribution < 1.29 is 4.74 Å². The summed E-state index contributed by atoms with van der Waals surface area (Å²) in [6, 6.07) is 3.88. The Balaban J connectivity index is 2.03. The van der Waals surface area contributed by atoms with Crippen LogP contribution in [0.5, 0.6) is 5.75 Å². The van der Waals surface area contributed by atoms with Crippen LogP contribution in [0.15, 0.2) is 18.3 Å². The summed E-state index contributed by atoms with van der Waals surface area (Å²) in [5, 5.41) is 3.33. The van der Waals surface area contributed by atoms with Crippen molar-refractivity contribution in [2.45, 2.75) is 46.0 Å². The van der Waals surface area contributed by atoms with Crippen LogP contribution < -0.4 is 10.1 Å². The van der Waals surface area contributed by atoms with Gasteiger partial charge >= 0.3 is 0 Å². The number of hydrogen-bond acceptors (Lipinski definition) is 3. The van der Waals surface area contributed by atoms with Gasteiger partial charge in [0.25, 0.3) is 0 Å². The van der Waals surface area contributed by atoms with Gasteiger partial charge in [0, 0.05) is 6.54 Å². The Kier molecular flexibility index (Phi) is 7.23. The molecule has 0 saturated heterocycles. The fourth-order valence-electron chi connectivity index (χ4n) is 1.85. The highest BCUT2D eigenvalue weighted by Gasteiger charge is 1.96. The summed E-state index contributed by atoms with van der Waals surface area (Å²) < 4.78 is 5.07. The van der Waals surface area contributed by atoms with Gasteiger partial charge in [-0.15, -0.1) is 0 Å². The minimum absolute atomic E-state index is 0.800. The molecule has 18 heavy (non-hydrogen) atoms. The maximum atomic E-state index is 5.07. The number of nitrogens with one attached hydrogen (secondary N) is 1. The van der Waals surface area contributed by atoms with Crippen LogP contribution in [0.2, 0.25) is 0 Å². The first-order chi connectivity index (χ1) is 8.72. The lowest BCUT2D eigenvalue weighted by Gasteiger charge is -2.07. The van der Waals surface area contributed by atoms with E-state index in [1.54, 1.807) is 13.3 Å². The van der Waals surface area contributed by atoms with E-state index in [9.17, 15) is 0 Å². The molecule has 0 aliphatic carbocycles. The quantitative estimate of drug-likeness (QED) is 0.670. The molecule has 3 nitrogen and oxygen atoms in total. The Morgan fingerprint density at radius 1 is 1.17 bits per heavy atom. The molecule has 0 aliphatic rings. The molecule has 3 heteroatoms. The number of rotatable bonds is 9. The predicted molar refractivity (Wildman–Crippen MR) is 77.2 cm³/mol. The second kappa shape index (κ2) is 8.78. The number of aromatic nitrogens is 1. The molecule has 1 aromatic rings. The Labute approximate surface area is 111 Å². The Bertz CT molecular complexity index is 309. The highest BCUT2D eigenvalue weighted by molar-refractivity contribution is 5.37. The first kappa shape index (κ1) is 14.8. The first-order valence-electron chi connectivity index (χ1n) is 6.96. The van der Waals surface area contributed by atoms with Crippen molar-refractivity contribution in [1.82, 2.24) is 4.98 Å². The van der Waals surface area contributed by atoms with Gasteiger partial charge in [-0.25, -0.2) is 4.98 Å². The van der Waals surface area contributed by atoms with Crippen LogP contribution in [0.3, 0.4) is 0 Å². The summed E-state index contributed by atoms with van der Waals surface area (Å²) in [4.78, 5) is 4.27. The highest BCUT2D eigenvalue weighted by atomic mass is 16.5. The topological polar surface area (TPSA) is 34.1 Å². The van der Waals surface area contributed by atoms with Crippen LogP contribution in [-0.4, -0.2) is 18.6 Å². The van der Waals surface area contributed by atoms with E-state index in [0.717, 1.165) is 24.0 Å². The van der Waals surface area contributed by atoms with E-state index in [4.69, 9.17) is 4.74 Å². The van der Waals surface area contributed by atoms with Crippen molar-refractivity contribution in [2.75, 3.05) is 19.0 Å². The van der Waals surface area contributed by atoms with Crippen molar-refractivity contribution in [3.63, 3.8) is 0 Å². The maximum Gasteiger partial charge on any atom is 0.137 e. The van der Waals surface area contributed by atoms with Crippen LogP contribution in [0.1, 0.15) is 46.0 Å². The van der Waals surface area contributed by atoms with Crippen molar-refractivity contribution >= 4 is 5.82 Å². The summed E-state index contributed by atoms with van der Waals surface area (Å²) >= 11 is 0. The van der Waals surface area contributed by atoms with Gasteiger partial charge in [0.05, 0.1) is 13.3 Å². The van der Waals surface area contributed by atoms with E-state index >= 15 is 0 Å². The lowest BCUT2D eigenvalue weighted by molar-refractivity contribution is 0.413. The van der Waals surface area contributed by atoms with E-state index in [1.165, 1.54) is 32.1 Å². The molecule has 1 rings (SSSR count). The van der Waals surface area contributed by atoms with Gasteiger partial charge in [-0.3, -0.25) is 0 Å². The monoisotopic (exact) mass is 250 g/mol. The zero-order chi connectivity index (χ0) is 13.2. The molecule has 0 fully saturated rings. The summed E-state index contributed by atoms with van der Waals surface area (Å²) in [5.74, 6) is 2.57. The third-order valence-electron chi connectivity index (χ3n) is 2.99. The maximum absolute atomic E-state index is 5.07. The molecule has 0 spiro atoms. The molecule has 0 amide bonds. The van der Waals surface area contributed by atoms with Crippen LogP contribution in [0.4, 0.5) is 5.82 Å². The average Bonchev–Trinajstić information content (AvgIpc) is 2.38. The number of ether oxygens (including phenoxy) is 1. The van der Waals surface area contributed by atoms with Gasteiger partial charge in [0.1, 0.15) is 11.6 Å². The van der Waals surface area contributed by atoms with E-state index < -0.39 is 0 Å². The summed E-state index contributed by atoms with van der Waals surface area (Å²) in [6.45, 7) is 5.58. The molecule has 1 heterocycles. The molecule has 0 radical (unpaired) electrons. The molecule has 1 N–H and O–H groups in total. The number of nitrogens with zero attached hydrogens (tertiary/aromatic N) is 1. The van der Waals surface area contributed by atoms with Crippen molar-refractivity contribution in [3.05, 3.63) is 18.3 Å². The minimum atomic E-state index is 0.800. The van der Waals surface area contributed by atoms with Gasteiger partial charge in [0.2, 0.25) is 0 Å². The fraction of sp³-hybridized carbons (Fsp3) is 0.667. The largest absolute Gasteiger partial charge is 0.495 e. The lowest BCUT2D eigenvalue weighted by Crippen LogP contribution is -2.03. The summed E-state index contributed by atoms with van der Waals surface area (Å²) in [7, 11) is 1.65. The molecular weight excluding hydrogens is 224 g/mol. The number of anilines is 1. The van der Waals surface area contributed by atoms with Gasteiger partial charge in [0.15, 0.2) is 0 Å². The van der Waals surface area contributed by atoms with E-state index in [1.807, 2.05) is 12.1 Å². The standard InChI is InChI=1S/C15H26N2O/c1-13(2)8-6-4-5-7-11-16-15-10-9-14(18-3)12-17-15/h9-10,12-13H,4-8,11H2,1-3H3,(H,16,17). The second-order valence-corrected chi connectivity index (χ2v) is 5.11. The molecule has 1 aromatic heterocycles. The van der Waals surface area contributed by atoms with Crippen molar-refractivity contribution in [3.8, 4) is 5.75 Å². The molecule has 0 bridgehead atoms. The van der Waals surface area contributed by atoms with Crippen molar-refractivity contribution in [2.24, 2.45) is 5.92 Å². The van der Waals surface area contributed by atoms with Gasteiger partial charge < -0.3 is 10.1 Å². The fourth-order valence-corrected chi connectivity index (χ4v) is 1.85. The Morgan fingerprint density at radius 2 is 1.94 bits per heavy atom. The molecule has 0 saturated carbocycles. The van der Waals surface area contributed by atoms with E-state index in [2.05, 4.69) is 24.1 Å². The van der Waals surface area contributed by atoms with Gasteiger partial charge in [-0.05, 0) is 24.5 Å². The van der Waals surface area contributed by atoms with E-state index in [0.29, 0.717) is 0 Å². The van der Waals surface area contributed by atoms with Crippen LogP contribution in [-0.2, 0) is 0 Å². The van der Waals surface area contributed by atoms with E-state index in [-0.39, 0.29) is 0 Å². The van der Waals surface area contributed by atoms with Gasteiger partial charge in [-0.2, -0.15) is 0 Å². The molecule has 0 atom stereocenters. The lowest BCUT2D eigenvalue weighted by atomic mass is 10.0. The number of hydrogen-bond donors (Lipinski definition) is 1. The summed E-state index contributed by atoms with van der Waals surface area (Å²) in [5.41, 5.74) is 0. The minimum Gasteiger partial charge on any atom is -0.495 e. The van der Waals surface area contributed by atoms with Crippen LogP contribution in [0, 0.1) is 5.92 Å².